The Morgan fingerprint density at radius 2 is 1.83 bits per heavy atom. The SMILES string of the molecule is CCCCNC(=O)/C(C#N)=C/c1ccc(OC(=O)COc2ccccc2CC)cc1. The molecular formula is C24H26N2O4. The summed E-state index contributed by atoms with van der Waals surface area (Å²) in [5, 5.41) is 11.9. The van der Waals surface area contributed by atoms with Crippen molar-refractivity contribution in [3.63, 3.8) is 0 Å². The van der Waals surface area contributed by atoms with Crippen LogP contribution in [0, 0.1) is 11.3 Å². The van der Waals surface area contributed by atoms with Gasteiger partial charge in [-0.15, -0.1) is 0 Å². The van der Waals surface area contributed by atoms with Crippen LogP contribution in [0.1, 0.15) is 37.8 Å². The zero-order chi connectivity index (χ0) is 21.8. The van der Waals surface area contributed by atoms with E-state index in [-0.39, 0.29) is 12.2 Å². The minimum absolute atomic E-state index is 0.0267. The lowest BCUT2D eigenvalue weighted by atomic mass is 10.1. The summed E-state index contributed by atoms with van der Waals surface area (Å²) in [6.07, 6.45) is 4.12. The van der Waals surface area contributed by atoms with E-state index in [0.717, 1.165) is 24.8 Å². The summed E-state index contributed by atoms with van der Waals surface area (Å²) in [4.78, 5) is 24.1. The van der Waals surface area contributed by atoms with Crippen molar-refractivity contribution in [3.05, 3.63) is 65.2 Å². The fourth-order valence-electron chi connectivity index (χ4n) is 2.66. The van der Waals surface area contributed by atoms with E-state index in [1.54, 1.807) is 24.3 Å². The van der Waals surface area contributed by atoms with Gasteiger partial charge in [-0.25, -0.2) is 4.79 Å². The Morgan fingerprint density at radius 3 is 2.50 bits per heavy atom. The van der Waals surface area contributed by atoms with E-state index in [0.29, 0.717) is 23.6 Å². The number of carbonyl (C=O) groups excluding carboxylic acids is 2. The number of nitriles is 1. The smallest absolute Gasteiger partial charge is 0.349 e. The molecule has 0 fully saturated rings. The van der Waals surface area contributed by atoms with Crippen LogP contribution in [0.2, 0.25) is 0 Å². The van der Waals surface area contributed by atoms with E-state index in [4.69, 9.17) is 9.47 Å². The number of hydrogen-bond acceptors (Lipinski definition) is 5. The number of esters is 1. The van der Waals surface area contributed by atoms with Gasteiger partial charge in [-0.1, -0.05) is 50.6 Å². The molecular weight excluding hydrogens is 380 g/mol. The average molecular weight is 406 g/mol. The first-order chi connectivity index (χ1) is 14.6. The van der Waals surface area contributed by atoms with Crippen molar-refractivity contribution >= 4 is 18.0 Å². The van der Waals surface area contributed by atoms with E-state index < -0.39 is 11.9 Å². The fourth-order valence-corrected chi connectivity index (χ4v) is 2.66. The number of unbranched alkanes of at least 4 members (excludes halogenated alkanes) is 1. The van der Waals surface area contributed by atoms with Gasteiger partial charge in [0.1, 0.15) is 23.1 Å². The third-order valence-corrected chi connectivity index (χ3v) is 4.30. The van der Waals surface area contributed by atoms with Crippen LogP contribution in [0.5, 0.6) is 11.5 Å². The van der Waals surface area contributed by atoms with Gasteiger partial charge in [-0.3, -0.25) is 4.79 Å². The highest BCUT2D eigenvalue weighted by Crippen LogP contribution is 2.19. The Morgan fingerprint density at radius 1 is 1.10 bits per heavy atom. The van der Waals surface area contributed by atoms with Crippen molar-refractivity contribution in [1.82, 2.24) is 5.32 Å². The number of carbonyl (C=O) groups is 2. The molecule has 0 aliphatic rings. The van der Waals surface area contributed by atoms with E-state index in [9.17, 15) is 14.9 Å². The summed E-state index contributed by atoms with van der Waals surface area (Å²) in [6, 6.07) is 16.0. The van der Waals surface area contributed by atoms with E-state index >= 15 is 0 Å². The predicted molar refractivity (Wildman–Crippen MR) is 115 cm³/mol. The summed E-state index contributed by atoms with van der Waals surface area (Å²) >= 11 is 0. The van der Waals surface area contributed by atoms with Crippen molar-refractivity contribution < 1.29 is 19.1 Å². The maximum atomic E-state index is 12.1. The van der Waals surface area contributed by atoms with Gasteiger partial charge in [0.2, 0.25) is 0 Å². The molecule has 0 spiro atoms. The van der Waals surface area contributed by atoms with Gasteiger partial charge in [0.05, 0.1) is 0 Å². The standard InChI is InChI=1S/C24H26N2O4/c1-3-5-14-26-24(28)20(16-25)15-18-10-12-21(13-11-18)30-23(27)17-29-22-9-7-6-8-19(22)4-2/h6-13,15H,3-5,14,17H2,1-2H3,(H,26,28)/b20-15+. The first kappa shape index (κ1) is 22.7. The summed E-state index contributed by atoms with van der Waals surface area (Å²) in [6.45, 7) is 4.38. The van der Waals surface area contributed by atoms with Gasteiger partial charge in [-0.05, 0) is 48.2 Å². The summed E-state index contributed by atoms with van der Waals surface area (Å²) in [5.41, 5.74) is 1.71. The van der Waals surface area contributed by atoms with Gasteiger partial charge >= 0.3 is 5.97 Å². The molecule has 0 atom stereocenters. The Balaban J connectivity index is 1.92. The first-order valence-electron chi connectivity index (χ1n) is 9.98. The van der Waals surface area contributed by atoms with Gasteiger partial charge < -0.3 is 14.8 Å². The van der Waals surface area contributed by atoms with Crippen LogP contribution < -0.4 is 14.8 Å². The lowest BCUT2D eigenvalue weighted by molar-refractivity contribution is -0.136. The van der Waals surface area contributed by atoms with Crippen LogP contribution in [0.3, 0.4) is 0 Å². The number of para-hydroxylation sites is 1. The second-order valence-electron chi connectivity index (χ2n) is 6.57. The van der Waals surface area contributed by atoms with Crippen molar-refractivity contribution in [2.45, 2.75) is 33.1 Å². The van der Waals surface area contributed by atoms with E-state index in [2.05, 4.69) is 5.32 Å². The van der Waals surface area contributed by atoms with Crippen LogP contribution in [0.15, 0.2) is 54.1 Å². The molecule has 2 aromatic carbocycles. The molecule has 1 N–H and O–H groups in total. The number of nitrogens with zero attached hydrogens (tertiary/aromatic N) is 1. The molecule has 30 heavy (non-hydrogen) atoms. The maximum Gasteiger partial charge on any atom is 0.349 e. The zero-order valence-corrected chi connectivity index (χ0v) is 17.3. The summed E-state index contributed by atoms with van der Waals surface area (Å²) in [7, 11) is 0. The van der Waals surface area contributed by atoms with Gasteiger partial charge in [0.25, 0.3) is 5.91 Å². The highest BCUT2D eigenvalue weighted by Gasteiger charge is 2.10. The highest BCUT2D eigenvalue weighted by atomic mass is 16.6. The zero-order valence-electron chi connectivity index (χ0n) is 17.3. The monoisotopic (exact) mass is 406 g/mol. The number of benzene rings is 2. The molecule has 0 aromatic heterocycles. The molecule has 0 aliphatic heterocycles. The molecule has 156 valence electrons. The molecule has 2 aromatic rings. The molecule has 1 amide bonds. The second-order valence-corrected chi connectivity index (χ2v) is 6.57. The average Bonchev–Trinajstić information content (AvgIpc) is 2.77. The molecule has 0 aliphatic carbocycles. The number of aryl methyl sites for hydroxylation is 1. The molecule has 0 saturated heterocycles. The van der Waals surface area contributed by atoms with Crippen molar-refractivity contribution in [2.75, 3.05) is 13.2 Å². The molecule has 0 bridgehead atoms. The molecule has 0 unspecified atom stereocenters. The number of amides is 1. The molecule has 6 heteroatoms. The molecule has 2 rings (SSSR count). The maximum absolute atomic E-state index is 12.1. The normalized spacial score (nSPS) is 10.8. The summed E-state index contributed by atoms with van der Waals surface area (Å²) < 4.78 is 10.8. The number of ether oxygens (including phenoxy) is 2. The third-order valence-electron chi connectivity index (χ3n) is 4.30. The number of nitrogens with one attached hydrogen (secondary N) is 1. The molecule has 0 heterocycles. The molecule has 6 nitrogen and oxygen atoms in total. The van der Waals surface area contributed by atoms with Crippen LogP contribution in [-0.4, -0.2) is 25.0 Å². The van der Waals surface area contributed by atoms with Crippen molar-refractivity contribution in [2.24, 2.45) is 0 Å². The van der Waals surface area contributed by atoms with Crippen LogP contribution in [-0.2, 0) is 16.0 Å². The fraction of sp³-hybridized carbons (Fsp3) is 0.292. The Bertz CT molecular complexity index is 927. The Hall–Kier alpha value is -3.59. The first-order valence-corrected chi connectivity index (χ1v) is 9.98. The van der Waals surface area contributed by atoms with Crippen LogP contribution in [0.4, 0.5) is 0 Å². The van der Waals surface area contributed by atoms with Crippen molar-refractivity contribution in [1.29, 1.82) is 5.26 Å². The topological polar surface area (TPSA) is 88.4 Å². The Kier molecular flexibility index (Phi) is 9.14. The lowest BCUT2D eigenvalue weighted by Gasteiger charge is -2.10. The van der Waals surface area contributed by atoms with E-state index in [1.165, 1.54) is 6.08 Å². The quantitative estimate of drug-likeness (QED) is 0.211. The Labute approximate surface area is 177 Å². The second kappa shape index (κ2) is 12.1. The molecule has 0 saturated carbocycles. The van der Waals surface area contributed by atoms with Gasteiger partial charge in [-0.2, -0.15) is 5.26 Å². The number of rotatable bonds is 10. The highest BCUT2D eigenvalue weighted by molar-refractivity contribution is 6.01. The van der Waals surface area contributed by atoms with Crippen LogP contribution in [0.25, 0.3) is 6.08 Å². The number of hydrogen-bond donors (Lipinski definition) is 1. The lowest BCUT2D eigenvalue weighted by Crippen LogP contribution is -2.25. The van der Waals surface area contributed by atoms with Crippen LogP contribution >= 0.6 is 0 Å². The summed E-state index contributed by atoms with van der Waals surface area (Å²) in [5.74, 6) is 0.109. The van der Waals surface area contributed by atoms with E-state index in [1.807, 2.05) is 44.2 Å². The predicted octanol–water partition coefficient (Wildman–Crippen LogP) is 4.06. The van der Waals surface area contributed by atoms with Gasteiger partial charge in [0.15, 0.2) is 6.61 Å². The minimum Gasteiger partial charge on any atom is -0.482 e. The minimum atomic E-state index is -0.516. The third kappa shape index (κ3) is 7.10. The molecule has 0 radical (unpaired) electrons. The van der Waals surface area contributed by atoms with Crippen molar-refractivity contribution in [3.8, 4) is 17.6 Å². The largest absolute Gasteiger partial charge is 0.482 e. The van der Waals surface area contributed by atoms with Gasteiger partial charge in [0, 0.05) is 6.54 Å².